The van der Waals surface area contributed by atoms with Crippen LogP contribution in [-0.2, 0) is 19.3 Å². The Bertz CT molecular complexity index is 579. The van der Waals surface area contributed by atoms with Gasteiger partial charge in [-0.1, -0.05) is 12.5 Å². The van der Waals surface area contributed by atoms with Crippen molar-refractivity contribution in [2.45, 2.75) is 25.3 Å². The number of allylic oxidation sites excluding steroid dienone is 2. The zero-order chi connectivity index (χ0) is 13.7. The first-order chi connectivity index (χ1) is 8.93. The van der Waals surface area contributed by atoms with Gasteiger partial charge >= 0.3 is 10.3 Å². The number of rotatable bonds is 0. The molecule has 0 aromatic heterocycles. The van der Waals surface area contributed by atoms with Gasteiger partial charge in [0, 0.05) is 18.0 Å². The summed E-state index contributed by atoms with van der Waals surface area (Å²) in [5.41, 5.74) is -0.883. The van der Waals surface area contributed by atoms with Gasteiger partial charge in [0.2, 0.25) is 0 Å². The molecule has 1 saturated heterocycles. The van der Waals surface area contributed by atoms with Crippen molar-refractivity contribution < 1.29 is 22.5 Å². The van der Waals surface area contributed by atoms with Crippen LogP contribution in [0, 0.1) is 11.3 Å². The average Bonchev–Trinajstić information content (AvgIpc) is 2.34. The minimum atomic E-state index is -3.78. The minimum Gasteiger partial charge on any atom is -0.508 e. The molecule has 0 unspecified atom stereocenters. The van der Waals surface area contributed by atoms with Crippen molar-refractivity contribution in [2.24, 2.45) is 11.3 Å². The molecule has 0 aromatic rings. The first-order valence-corrected chi connectivity index (χ1v) is 7.65. The second-order valence-corrected chi connectivity index (χ2v) is 6.67. The van der Waals surface area contributed by atoms with Crippen LogP contribution in [0.25, 0.3) is 0 Å². The molecule has 3 aliphatic rings. The molecule has 0 aromatic carbocycles. The molecule has 3 rings (SSSR count). The third kappa shape index (κ3) is 2.01. The lowest BCUT2D eigenvalue weighted by Gasteiger charge is -2.47. The Kier molecular flexibility index (Phi) is 2.81. The normalized spacial score (nSPS) is 40.8. The number of aliphatic hydroxyl groups excluding tert-OH is 1. The summed E-state index contributed by atoms with van der Waals surface area (Å²) in [4.78, 5) is 12.3. The van der Waals surface area contributed by atoms with Crippen molar-refractivity contribution in [2.75, 3.05) is 6.61 Å². The van der Waals surface area contributed by atoms with E-state index in [2.05, 4.69) is 4.72 Å². The van der Waals surface area contributed by atoms with Crippen LogP contribution >= 0.6 is 0 Å². The average molecular weight is 285 g/mol. The molecule has 1 heterocycles. The van der Waals surface area contributed by atoms with E-state index in [9.17, 15) is 18.3 Å². The number of hydrogen-bond acceptors (Lipinski definition) is 5. The Balaban J connectivity index is 2.01. The number of hydrogen-bond donors (Lipinski definition) is 2. The van der Waals surface area contributed by atoms with Gasteiger partial charge in [-0.15, -0.1) is 0 Å². The van der Waals surface area contributed by atoms with Crippen molar-refractivity contribution >= 4 is 16.1 Å². The zero-order valence-corrected chi connectivity index (χ0v) is 11.0. The molecule has 1 spiro atoms. The fourth-order valence-electron chi connectivity index (χ4n) is 3.24. The molecule has 1 saturated carbocycles. The van der Waals surface area contributed by atoms with Crippen LogP contribution in [0.2, 0.25) is 0 Å². The van der Waals surface area contributed by atoms with Crippen LogP contribution in [-0.4, -0.2) is 32.0 Å². The number of aliphatic hydroxyl groups is 1. The Morgan fingerprint density at radius 1 is 1.47 bits per heavy atom. The second kappa shape index (κ2) is 4.16. The molecule has 104 valence electrons. The summed E-state index contributed by atoms with van der Waals surface area (Å²) in [6, 6.07) is -0.493. The van der Waals surface area contributed by atoms with Gasteiger partial charge in [0.15, 0.2) is 5.78 Å². The molecule has 1 aliphatic heterocycles. The number of nitrogens with one attached hydrogen (secondary N) is 1. The summed E-state index contributed by atoms with van der Waals surface area (Å²) in [7, 11) is -3.78. The van der Waals surface area contributed by atoms with E-state index in [4.69, 9.17) is 4.18 Å². The predicted molar refractivity (Wildman–Crippen MR) is 66.4 cm³/mol. The fraction of sp³-hybridized carbons (Fsp3) is 0.583. The van der Waals surface area contributed by atoms with Gasteiger partial charge in [-0.05, 0) is 18.9 Å². The van der Waals surface area contributed by atoms with E-state index >= 15 is 0 Å². The lowest BCUT2D eigenvalue weighted by molar-refractivity contribution is -0.126. The van der Waals surface area contributed by atoms with E-state index < -0.39 is 21.8 Å². The standard InChI is InChI=1S/C12H15NO5S/c14-9-3-5-12(10(15)6-9)4-1-2-8-7-18-19(16,17)13-11(8)12/h3,5-6,8,11,13-14H,1-2,4,7H2/t8-,11-,12-/m1/s1. The highest BCUT2D eigenvalue weighted by atomic mass is 32.2. The lowest BCUT2D eigenvalue weighted by Crippen LogP contribution is -2.61. The van der Waals surface area contributed by atoms with Crippen molar-refractivity contribution in [1.82, 2.24) is 4.72 Å². The van der Waals surface area contributed by atoms with Crippen LogP contribution in [0.3, 0.4) is 0 Å². The molecule has 6 nitrogen and oxygen atoms in total. The molecule has 7 heteroatoms. The number of ketones is 1. The Morgan fingerprint density at radius 3 is 3.00 bits per heavy atom. The molecule has 0 amide bonds. The van der Waals surface area contributed by atoms with E-state index in [1.807, 2.05) is 0 Å². The molecule has 2 aliphatic carbocycles. The Labute approximate surface area is 111 Å². The lowest BCUT2D eigenvalue weighted by atomic mass is 9.62. The number of carbonyl (C=O) groups is 1. The monoisotopic (exact) mass is 285 g/mol. The fourth-order valence-corrected chi connectivity index (χ4v) is 4.38. The quantitative estimate of drug-likeness (QED) is 0.679. The summed E-state index contributed by atoms with van der Waals surface area (Å²) in [6.45, 7) is 0.110. The zero-order valence-electron chi connectivity index (χ0n) is 10.2. The highest BCUT2D eigenvalue weighted by Gasteiger charge is 2.52. The first kappa shape index (κ1) is 12.8. The van der Waals surface area contributed by atoms with Crippen LogP contribution < -0.4 is 4.72 Å². The van der Waals surface area contributed by atoms with Gasteiger partial charge in [-0.3, -0.25) is 8.98 Å². The van der Waals surface area contributed by atoms with Crippen molar-refractivity contribution in [1.29, 1.82) is 0 Å². The molecule has 0 bridgehead atoms. The van der Waals surface area contributed by atoms with Gasteiger partial charge in [0.1, 0.15) is 5.76 Å². The van der Waals surface area contributed by atoms with Crippen LogP contribution in [0.4, 0.5) is 0 Å². The van der Waals surface area contributed by atoms with E-state index in [1.165, 1.54) is 12.2 Å². The van der Waals surface area contributed by atoms with E-state index in [1.54, 1.807) is 6.08 Å². The van der Waals surface area contributed by atoms with E-state index in [0.29, 0.717) is 6.42 Å². The maximum atomic E-state index is 12.3. The second-order valence-electron chi connectivity index (χ2n) is 5.29. The predicted octanol–water partition coefficient (Wildman–Crippen LogP) is 0.587. The molecule has 19 heavy (non-hydrogen) atoms. The summed E-state index contributed by atoms with van der Waals surface area (Å²) < 4.78 is 30.4. The third-order valence-corrected chi connectivity index (χ3v) is 5.18. The highest BCUT2D eigenvalue weighted by Crippen LogP contribution is 2.45. The summed E-state index contributed by atoms with van der Waals surface area (Å²) >= 11 is 0. The maximum Gasteiger partial charge on any atom is 0.336 e. The molecular weight excluding hydrogens is 270 g/mol. The summed E-state index contributed by atoms with van der Waals surface area (Å²) in [5.74, 6) is -0.348. The SMILES string of the molecule is O=C1C=C(O)C=C[C@]12CCC[C@@H]1COS(=O)(=O)N[C@H]12. The van der Waals surface area contributed by atoms with Crippen molar-refractivity contribution in [3.05, 3.63) is 24.0 Å². The molecule has 2 fully saturated rings. The van der Waals surface area contributed by atoms with E-state index in [0.717, 1.165) is 12.8 Å². The van der Waals surface area contributed by atoms with Crippen molar-refractivity contribution in [3.8, 4) is 0 Å². The molecular formula is C12H15NO5S. The van der Waals surface area contributed by atoms with Gasteiger partial charge in [0.25, 0.3) is 0 Å². The molecule has 3 atom stereocenters. The summed E-state index contributed by atoms with van der Waals surface area (Å²) in [6.07, 6.45) is 6.51. The van der Waals surface area contributed by atoms with Crippen LogP contribution in [0.15, 0.2) is 24.0 Å². The van der Waals surface area contributed by atoms with Crippen molar-refractivity contribution in [3.63, 3.8) is 0 Å². The molecule has 2 N–H and O–H groups in total. The van der Waals surface area contributed by atoms with Gasteiger partial charge in [0.05, 0.1) is 12.0 Å². The Hall–Kier alpha value is -1.18. The summed E-state index contributed by atoms with van der Waals surface area (Å²) in [5, 5.41) is 9.38. The first-order valence-electron chi connectivity index (χ1n) is 6.24. The van der Waals surface area contributed by atoms with E-state index in [-0.39, 0.29) is 24.1 Å². The largest absolute Gasteiger partial charge is 0.508 e. The van der Waals surface area contributed by atoms with Gasteiger partial charge in [-0.2, -0.15) is 13.1 Å². The van der Waals surface area contributed by atoms with Crippen LogP contribution in [0.5, 0.6) is 0 Å². The van der Waals surface area contributed by atoms with Gasteiger partial charge < -0.3 is 5.11 Å². The molecule has 0 radical (unpaired) electrons. The Morgan fingerprint density at radius 2 is 2.26 bits per heavy atom. The van der Waals surface area contributed by atoms with Gasteiger partial charge in [-0.25, -0.2) is 0 Å². The topological polar surface area (TPSA) is 92.7 Å². The smallest absolute Gasteiger partial charge is 0.336 e. The number of fused-ring (bicyclic) bond motifs is 2. The maximum absolute atomic E-state index is 12.3. The van der Waals surface area contributed by atoms with Crippen LogP contribution in [0.1, 0.15) is 19.3 Å². The third-order valence-electron chi connectivity index (χ3n) is 4.19. The number of carbonyl (C=O) groups excluding carboxylic acids is 1. The minimum absolute atomic E-state index is 0.0143. The highest BCUT2D eigenvalue weighted by molar-refractivity contribution is 7.84.